The Morgan fingerprint density at radius 3 is 2.85 bits per heavy atom. The molecule has 2 aromatic rings. The Hall–Kier alpha value is -2.81. The second-order valence-corrected chi connectivity index (χ2v) is 7.19. The number of aromatic nitrogens is 2. The van der Waals surface area contributed by atoms with Crippen LogP contribution in [-0.2, 0) is 11.8 Å². The van der Waals surface area contributed by atoms with Crippen molar-refractivity contribution in [2.24, 2.45) is 13.0 Å². The lowest BCUT2D eigenvalue weighted by Gasteiger charge is -2.24. The van der Waals surface area contributed by atoms with Crippen LogP contribution in [0.1, 0.15) is 29.9 Å². The van der Waals surface area contributed by atoms with Crippen molar-refractivity contribution in [2.75, 3.05) is 31.1 Å². The van der Waals surface area contributed by atoms with E-state index in [-0.39, 0.29) is 11.8 Å². The zero-order valence-electron chi connectivity index (χ0n) is 15.0. The third kappa shape index (κ3) is 3.17. The van der Waals surface area contributed by atoms with E-state index in [1.807, 2.05) is 48.6 Å². The predicted octanol–water partition coefficient (Wildman–Crippen LogP) is 2.13. The summed E-state index contributed by atoms with van der Waals surface area (Å²) in [5.41, 5.74) is 2.85. The third-order valence-corrected chi connectivity index (χ3v) is 5.43. The summed E-state index contributed by atoms with van der Waals surface area (Å²) < 4.78 is 1.80. The van der Waals surface area contributed by atoms with Crippen molar-refractivity contribution >= 4 is 11.6 Å². The van der Waals surface area contributed by atoms with Gasteiger partial charge >= 0.3 is 0 Å². The molecule has 6 nitrogen and oxygen atoms in total. The summed E-state index contributed by atoms with van der Waals surface area (Å²) in [4.78, 5) is 17.1. The molecule has 0 spiro atoms. The number of nitriles is 1. The summed E-state index contributed by atoms with van der Waals surface area (Å²) in [5.74, 6) is 0.710. The zero-order chi connectivity index (χ0) is 18.1. The Morgan fingerprint density at radius 2 is 2.08 bits per heavy atom. The molecule has 1 aliphatic carbocycles. The van der Waals surface area contributed by atoms with Gasteiger partial charge in [0, 0.05) is 45.3 Å². The summed E-state index contributed by atoms with van der Waals surface area (Å²) in [5, 5.41) is 13.5. The van der Waals surface area contributed by atoms with Gasteiger partial charge in [0.15, 0.2) is 0 Å². The van der Waals surface area contributed by atoms with Crippen LogP contribution in [0.2, 0.25) is 0 Å². The minimum absolute atomic E-state index is 0.108. The monoisotopic (exact) mass is 349 g/mol. The summed E-state index contributed by atoms with van der Waals surface area (Å²) >= 11 is 0. The molecule has 1 aliphatic heterocycles. The smallest absolute Gasteiger partial charge is 0.226 e. The highest BCUT2D eigenvalue weighted by atomic mass is 16.2. The number of carbonyl (C=O) groups excluding carboxylic acids is 1. The van der Waals surface area contributed by atoms with Crippen LogP contribution in [0.4, 0.5) is 5.69 Å². The number of anilines is 1. The van der Waals surface area contributed by atoms with Gasteiger partial charge in [-0.1, -0.05) is 12.1 Å². The van der Waals surface area contributed by atoms with Gasteiger partial charge in [-0.05, 0) is 36.5 Å². The molecule has 1 saturated heterocycles. The number of amides is 1. The second kappa shape index (κ2) is 6.83. The van der Waals surface area contributed by atoms with Crippen LogP contribution >= 0.6 is 0 Å². The van der Waals surface area contributed by atoms with E-state index in [0.717, 1.165) is 44.7 Å². The van der Waals surface area contributed by atoms with Gasteiger partial charge in [0.05, 0.1) is 17.4 Å². The van der Waals surface area contributed by atoms with E-state index in [0.29, 0.717) is 11.5 Å². The first-order valence-corrected chi connectivity index (χ1v) is 9.19. The maximum atomic E-state index is 12.9. The fourth-order valence-electron chi connectivity index (χ4n) is 3.93. The zero-order valence-corrected chi connectivity index (χ0v) is 15.0. The first kappa shape index (κ1) is 16.6. The SMILES string of the molecule is Cn1cc([C@H]2C[C@H]2C(=O)N2CCCN(c3ccccc3C#N)CC2)cn1. The summed E-state index contributed by atoms with van der Waals surface area (Å²) in [6.07, 6.45) is 5.75. The number of para-hydroxylation sites is 1. The average Bonchev–Trinajstić information content (AvgIpc) is 3.40. The lowest BCUT2D eigenvalue weighted by molar-refractivity contribution is -0.132. The molecule has 0 unspecified atom stereocenters. The van der Waals surface area contributed by atoms with Crippen LogP contribution < -0.4 is 4.90 Å². The fraction of sp³-hybridized carbons (Fsp3) is 0.450. The molecule has 1 aromatic heterocycles. The molecule has 2 aliphatic rings. The summed E-state index contributed by atoms with van der Waals surface area (Å²) in [6.45, 7) is 3.16. The molecule has 1 saturated carbocycles. The van der Waals surface area contributed by atoms with Crippen LogP contribution in [0.15, 0.2) is 36.7 Å². The molecule has 0 bridgehead atoms. The van der Waals surface area contributed by atoms with Crippen LogP contribution in [0.3, 0.4) is 0 Å². The minimum atomic E-state index is 0.108. The number of rotatable bonds is 3. The molecular weight excluding hydrogens is 326 g/mol. The highest BCUT2D eigenvalue weighted by Crippen LogP contribution is 2.48. The van der Waals surface area contributed by atoms with Crippen molar-refractivity contribution in [2.45, 2.75) is 18.8 Å². The van der Waals surface area contributed by atoms with Crippen LogP contribution in [0.5, 0.6) is 0 Å². The Morgan fingerprint density at radius 1 is 1.23 bits per heavy atom. The molecule has 2 atom stereocenters. The van der Waals surface area contributed by atoms with Gasteiger partial charge in [-0.15, -0.1) is 0 Å². The standard InChI is InChI=1S/C20H23N5O/c1-23-14-16(13-22-23)17-11-18(17)20(26)25-8-4-7-24(9-10-25)19-6-3-2-5-15(19)12-21/h2-3,5-6,13-14,17-18H,4,7-11H2,1H3/t17-,18-/m1/s1. The number of hydrogen-bond acceptors (Lipinski definition) is 4. The number of hydrogen-bond donors (Lipinski definition) is 0. The Bertz CT molecular complexity index is 852. The largest absolute Gasteiger partial charge is 0.369 e. The molecule has 2 fully saturated rings. The Labute approximate surface area is 153 Å². The molecule has 1 amide bonds. The second-order valence-electron chi connectivity index (χ2n) is 7.19. The van der Waals surface area contributed by atoms with Crippen molar-refractivity contribution < 1.29 is 4.79 Å². The van der Waals surface area contributed by atoms with Gasteiger partial charge in [-0.3, -0.25) is 9.48 Å². The van der Waals surface area contributed by atoms with Gasteiger partial charge in [-0.2, -0.15) is 10.4 Å². The number of carbonyl (C=O) groups is 1. The Kier molecular flexibility index (Phi) is 4.37. The van der Waals surface area contributed by atoms with E-state index < -0.39 is 0 Å². The van der Waals surface area contributed by atoms with Crippen molar-refractivity contribution in [1.82, 2.24) is 14.7 Å². The summed E-state index contributed by atoms with van der Waals surface area (Å²) in [6, 6.07) is 9.97. The van der Waals surface area contributed by atoms with Crippen molar-refractivity contribution in [3.8, 4) is 6.07 Å². The fourth-order valence-corrected chi connectivity index (χ4v) is 3.93. The Balaban J connectivity index is 1.40. The predicted molar refractivity (Wildman–Crippen MR) is 98.6 cm³/mol. The molecule has 2 heterocycles. The maximum absolute atomic E-state index is 12.9. The van der Waals surface area contributed by atoms with Crippen molar-refractivity contribution in [1.29, 1.82) is 5.26 Å². The minimum Gasteiger partial charge on any atom is -0.369 e. The molecule has 1 aromatic carbocycles. The van der Waals surface area contributed by atoms with Gasteiger partial charge in [0.2, 0.25) is 5.91 Å². The van der Waals surface area contributed by atoms with E-state index in [9.17, 15) is 10.1 Å². The van der Waals surface area contributed by atoms with Crippen LogP contribution in [0.25, 0.3) is 0 Å². The quantitative estimate of drug-likeness (QED) is 0.851. The van der Waals surface area contributed by atoms with Gasteiger partial charge in [-0.25, -0.2) is 0 Å². The van der Waals surface area contributed by atoms with E-state index in [1.165, 1.54) is 5.56 Å². The third-order valence-electron chi connectivity index (χ3n) is 5.43. The first-order chi connectivity index (χ1) is 12.7. The molecule has 26 heavy (non-hydrogen) atoms. The molecule has 0 radical (unpaired) electrons. The van der Waals surface area contributed by atoms with E-state index in [1.54, 1.807) is 4.68 Å². The normalized spacial score (nSPS) is 22.6. The topological polar surface area (TPSA) is 65.2 Å². The highest BCUT2D eigenvalue weighted by Gasteiger charge is 2.46. The highest BCUT2D eigenvalue weighted by molar-refractivity contribution is 5.83. The molecule has 6 heteroatoms. The van der Waals surface area contributed by atoms with Crippen LogP contribution in [0, 0.1) is 17.2 Å². The van der Waals surface area contributed by atoms with Crippen molar-refractivity contribution in [3.63, 3.8) is 0 Å². The first-order valence-electron chi connectivity index (χ1n) is 9.19. The number of nitrogens with zero attached hydrogens (tertiary/aromatic N) is 5. The van der Waals surface area contributed by atoms with Gasteiger partial charge in [0.1, 0.15) is 6.07 Å². The van der Waals surface area contributed by atoms with E-state index >= 15 is 0 Å². The number of benzene rings is 1. The lowest BCUT2D eigenvalue weighted by Crippen LogP contribution is -2.36. The van der Waals surface area contributed by atoms with Gasteiger partial charge < -0.3 is 9.80 Å². The van der Waals surface area contributed by atoms with Gasteiger partial charge in [0.25, 0.3) is 0 Å². The molecular formula is C20H23N5O. The molecule has 134 valence electrons. The lowest BCUT2D eigenvalue weighted by atomic mass is 10.1. The van der Waals surface area contributed by atoms with Crippen LogP contribution in [-0.4, -0.2) is 46.8 Å². The maximum Gasteiger partial charge on any atom is 0.226 e. The summed E-state index contributed by atoms with van der Waals surface area (Å²) in [7, 11) is 1.91. The molecule has 4 rings (SSSR count). The van der Waals surface area contributed by atoms with Crippen molar-refractivity contribution in [3.05, 3.63) is 47.8 Å². The number of aryl methyl sites for hydroxylation is 1. The average molecular weight is 349 g/mol. The van der Waals surface area contributed by atoms with E-state index in [2.05, 4.69) is 16.1 Å². The molecule has 0 N–H and O–H groups in total. The van der Waals surface area contributed by atoms with E-state index in [4.69, 9.17) is 0 Å².